The van der Waals surface area contributed by atoms with Crippen LogP contribution in [-0.4, -0.2) is 27.3 Å². The number of aryl methyl sites for hydroxylation is 2. The maximum absolute atomic E-state index is 13.0. The number of hydrogen-bond donors (Lipinski definition) is 1. The average molecular weight is 366 g/mol. The molecule has 7 heteroatoms. The SMILES string of the molecule is CCn1c(SCC(=O)NC(C)C)nc2sc3c(c2c1=O)CCCC3. The molecule has 0 fully saturated rings. The second-order valence-corrected chi connectivity index (χ2v) is 8.37. The number of hydrogen-bond acceptors (Lipinski definition) is 5. The monoisotopic (exact) mass is 365 g/mol. The Morgan fingerprint density at radius 3 is 2.83 bits per heavy atom. The highest BCUT2D eigenvalue weighted by molar-refractivity contribution is 7.99. The van der Waals surface area contributed by atoms with Crippen molar-refractivity contribution in [2.75, 3.05) is 5.75 Å². The van der Waals surface area contributed by atoms with E-state index < -0.39 is 0 Å². The molecule has 130 valence electrons. The van der Waals surface area contributed by atoms with Crippen LogP contribution in [0.2, 0.25) is 0 Å². The molecule has 1 amide bonds. The first kappa shape index (κ1) is 17.5. The summed E-state index contributed by atoms with van der Waals surface area (Å²) in [5.41, 5.74) is 1.27. The second-order valence-electron chi connectivity index (χ2n) is 6.35. The van der Waals surface area contributed by atoms with Crippen LogP contribution in [0.4, 0.5) is 0 Å². The van der Waals surface area contributed by atoms with Gasteiger partial charge in [0.1, 0.15) is 4.83 Å². The quantitative estimate of drug-likeness (QED) is 0.653. The summed E-state index contributed by atoms with van der Waals surface area (Å²) >= 11 is 3.00. The van der Waals surface area contributed by atoms with Crippen LogP contribution in [0.5, 0.6) is 0 Å². The molecular weight excluding hydrogens is 342 g/mol. The van der Waals surface area contributed by atoms with E-state index in [1.807, 2.05) is 20.8 Å². The minimum Gasteiger partial charge on any atom is -0.353 e. The molecule has 1 aliphatic rings. The number of carbonyl (C=O) groups excluding carboxylic acids is 1. The lowest BCUT2D eigenvalue weighted by molar-refractivity contribution is -0.119. The molecule has 0 aromatic carbocycles. The maximum atomic E-state index is 13.0. The Balaban J connectivity index is 1.96. The molecule has 0 aliphatic heterocycles. The molecule has 1 aliphatic carbocycles. The van der Waals surface area contributed by atoms with Gasteiger partial charge in [0, 0.05) is 17.5 Å². The third-order valence-corrected chi connectivity index (χ3v) is 6.30. The number of thioether (sulfide) groups is 1. The van der Waals surface area contributed by atoms with E-state index >= 15 is 0 Å². The van der Waals surface area contributed by atoms with Gasteiger partial charge in [0.05, 0.1) is 11.1 Å². The topological polar surface area (TPSA) is 64.0 Å². The normalized spacial score (nSPS) is 14.2. The first-order chi connectivity index (χ1) is 11.5. The molecule has 24 heavy (non-hydrogen) atoms. The summed E-state index contributed by atoms with van der Waals surface area (Å²) in [5.74, 6) is 0.249. The van der Waals surface area contributed by atoms with Gasteiger partial charge in [-0.25, -0.2) is 4.98 Å². The van der Waals surface area contributed by atoms with Crippen molar-refractivity contribution < 1.29 is 4.79 Å². The highest BCUT2D eigenvalue weighted by atomic mass is 32.2. The van der Waals surface area contributed by atoms with Crippen molar-refractivity contribution in [3.05, 3.63) is 20.8 Å². The van der Waals surface area contributed by atoms with Crippen molar-refractivity contribution in [2.24, 2.45) is 0 Å². The van der Waals surface area contributed by atoms with Crippen molar-refractivity contribution in [1.29, 1.82) is 0 Å². The molecule has 0 saturated heterocycles. The summed E-state index contributed by atoms with van der Waals surface area (Å²) in [4.78, 5) is 31.7. The third-order valence-electron chi connectivity index (χ3n) is 4.14. The highest BCUT2D eigenvalue weighted by Gasteiger charge is 2.22. The average Bonchev–Trinajstić information content (AvgIpc) is 2.90. The molecule has 2 heterocycles. The lowest BCUT2D eigenvalue weighted by Gasteiger charge is -2.12. The molecule has 0 bridgehead atoms. The minimum atomic E-state index is -0.0301. The van der Waals surface area contributed by atoms with E-state index in [0.29, 0.717) is 11.7 Å². The van der Waals surface area contributed by atoms with Gasteiger partial charge in [0.2, 0.25) is 5.91 Å². The molecule has 3 rings (SSSR count). The number of nitrogens with zero attached hydrogens (tertiary/aromatic N) is 2. The lowest BCUT2D eigenvalue weighted by Crippen LogP contribution is -2.32. The molecule has 1 N–H and O–H groups in total. The number of rotatable bonds is 5. The number of nitrogens with one attached hydrogen (secondary N) is 1. The predicted molar refractivity (Wildman–Crippen MR) is 100 cm³/mol. The Bertz CT molecular complexity index is 823. The van der Waals surface area contributed by atoms with Crippen LogP contribution >= 0.6 is 23.1 Å². The van der Waals surface area contributed by atoms with Crippen LogP contribution in [0.3, 0.4) is 0 Å². The van der Waals surface area contributed by atoms with Gasteiger partial charge in [-0.05, 0) is 52.0 Å². The Kier molecular flexibility index (Phi) is 5.30. The number of aromatic nitrogens is 2. The van der Waals surface area contributed by atoms with Crippen LogP contribution in [0.15, 0.2) is 9.95 Å². The number of fused-ring (bicyclic) bond motifs is 3. The van der Waals surface area contributed by atoms with Crippen molar-refractivity contribution in [2.45, 2.75) is 64.2 Å². The fourth-order valence-corrected chi connectivity index (χ4v) is 5.28. The summed E-state index contributed by atoms with van der Waals surface area (Å²) in [7, 11) is 0. The van der Waals surface area contributed by atoms with E-state index in [4.69, 9.17) is 4.98 Å². The zero-order chi connectivity index (χ0) is 17.3. The van der Waals surface area contributed by atoms with E-state index in [-0.39, 0.29) is 23.3 Å². The lowest BCUT2D eigenvalue weighted by atomic mass is 9.97. The standard InChI is InChI=1S/C17H23N3O2S2/c1-4-20-16(22)14-11-7-5-6-8-12(11)24-15(14)19-17(20)23-9-13(21)18-10(2)3/h10H,4-9H2,1-3H3,(H,18,21). The van der Waals surface area contributed by atoms with Gasteiger partial charge in [-0.15, -0.1) is 11.3 Å². The van der Waals surface area contributed by atoms with Gasteiger partial charge in [-0.2, -0.15) is 0 Å². The van der Waals surface area contributed by atoms with E-state index in [1.54, 1.807) is 15.9 Å². The Morgan fingerprint density at radius 2 is 2.12 bits per heavy atom. The van der Waals surface area contributed by atoms with Crippen molar-refractivity contribution in [3.63, 3.8) is 0 Å². The van der Waals surface area contributed by atoms with Crippen LogP contribution in [0.1, 0.15) is 44.1 Å². The Hall–Kier alpha value is -1.34. The fourth-order valence-electron chi connectivity index (χ4n) is 3.10. The molecule has 2 aromatic heterocycles. The summed E-state index contributed by atoms with van der Waals surface area (Å²) < 4.78 is 1.71. The molecule has 0 saturated carbocycles. The van der Waals surface area contributed by atoms with Crippen LogP contribution < -0.4 is 10.9 Å². The number of thiophene rings is 1. The molecule has 0 radical (unpaired) electrons. The van der Waals surface area contributed by atoms with Gasteiger partial charge < -0.3 is 5.32 Å². The van der Waals surface area contributed by atoms with E-state index in [2.05, 4.69) is 5.32 Å². The molecule has 0 atom stereocenters. The van der Waals surface area contributed by atoms with E-state index in [0.717, 1.165) is 29.5 Å². The van der Waals surface area contributed by atoms with E-state index in [9.17, 15) is 9.59 Å². The predicted octanol–water partition coefficient (Wildman–Crippen LogP) is 2.97. The summed E-state index contributed by atoms with van der Waals surface area (Å²) in [6, 6.07) is 0.117. The van der Waals surface area contributed by atoms with Crippen LogP contribution in [0, 0.1) is 0 Å². The number of carbonyl (C=O) groups is 1. The van der Waals surface area contributed by atoms with Gasteiger partial charge in [-0.3, -0.25) is 14.2 Å². The zero-order valence-electron chi connectivity index (χ0n) is 14.3. The molecule has 0 unspecified atom stereocenters. The molecule has 5 nitrogen and oxygen atoms in total. The van der Waals surface area contributed by atoms with Gasteiger partial charge in [0.15, 0.2) is 5.16 Å². The molecular formula is C17H23N3O2S2. The summed E-state index contributed by atoms with van der Waals surface area (Å²) in [5, 5.41) is 4.33. The van der Waals surface area contributed by atoms with Gasteiger partial charge in [0.25, 0.3) is 5.56 Å². The number of amides is 1. The molecule has 2 aromatic rings. The Morgan fingerprint density at radius 1 is 1.38 bits per heavy atom. The maximum Gasteiger partial charge on any atom is 0.263 e. The third kappa shape index (κ3) is 3.37. The minimum absolute atomic E-state index is 0.0301. The van der Waals surface area contributed by atoms with Gasteiger partial charge in [-0.1, -0.05) is 11.8 Å². The van der Waals surface area contributed by atoms with Crippen molar-refractivity contribution in [3.8, 4) is 0 Å². The largest absolute Gasteiger partial charge is 0.353 e. The smallest absolute Gasteiger partial charge is 0.263 e. The van der Waals surface area contributed by atoms with Crippen LogP contribution in [0.25, 0.3) is 10.2 Å². The zero-order valence-corrected chi connectivity index (χ0v) is 16.0. The van der Waals surface area contributed by atoms with Crippen molar-refractivity contribution >= 4 is 39.2 Å². The first-order valence-corrected chi connectivity index (χ1v) is 10.3. The van der Waals surface area contributed by atoms with E-state index in [1.165, 1.54) is 28.6 Å². The van der Waals surface area contributed by atoms with Crippen molar-refractivity contribution in [1.82, 2.24) is 14.9 Å². The molecule has 0 spiro atoms. The first-order valence-electron chi connectivity index (χ1n) is 8.48. The highest BCUT2D eigenvalue weighted by Crippen LogP contribution is 2.34. The summed E-state index contributed by atoms with van der Waals surface area (Å²) in [6.07, 6.45) is 4.38. The van der Waals surface area contributed by atoms with Crippen LogP contribution in [-0.2, 0) is 24.2 Å². The fraction of sp³-hybridized carbons (Fsp3) is 0.588. The Labute approximate surface area is 149 Å². The second kappa shape index (κ2) is 7.27. The van der Waals surface area contributed by atoms with Gasteiger partial charge >= 0.3 is 0 Å². The summed E-state index contributed by atoms with van der Waals surface area (Å²) in [6.45, 7) is 6.39.